The van der Waals surface area contributed by atoms with Gasteiger partial charge in [0.15, 0.2) is 0 Å². The van der Waals surface area contributed by atoms with E-state index in [1.54, 1.807) is 24.3 Å². The molecule has 0 heterocycles. The van der Waals surface area contributed by atoms with Gasteiger partial charge in [0.2, 0.25) is 0 Å². The zero-order valence-electron chi connectivity index (χ0n) is 8.05. The summed E-state index contributed by atoms with van der Waals surface area (Å²) >= 11 is 5.02. The Bertz CT molecular complexity index is 370. The standard InChI is InChI=1S/C10H14O2S2/c1-2-9(11)8-14(12,13)10-6-4-3-5-7-10/h3-7,9,11H,2,8H2,1H3. The van der Waals surface area contributed by atoms with Crippen molar-refractivity contribution >= 4 is 19.7 Å². The van der Waals surface area contributed by atoms with Gasteiger partial charge in [-0.3, -0.25) is 4.21 Å². The Morgan fingerprint density at radius 2 is 2.00 bits per heavy atom. The molecule has 1 aromatic rings. The third-order valence-corrected chi connectivity index (χ3v) is 4.78. The van der Waals surface area contributed by atoms with Crippen LogP contribution >= 0.6 is 0 Å². The number of aliphatic hydroxyl groups excluding tert-OH is 1. The Labute approximate surface area is 89.6 Å². The predicted molar refractivity (Wildman–Crippen MR) is 61.4 cm³/mol. The summed E-state index contributed by atoms with van der Waals surface area (Å²) in [6.07, 6.45) is 0.0145. The van der Waals surface area contributed by atoms with Gasteiger partial charge in [0.1, 0.15) is 0 Å². The smallest absolute Gasteiger partial charge is 0.0658 e. The van der Waals surface area contributed by atoms with Crippen molar-refractivity contribution in [2.24, 2.45) is 0 Å². The highest BCUT2D eigenvalue weighted by Crippen LogP contribution is 2.12. The molecule has 14 heavy (non-hydrogen) atoms. The molecule has 4 heteroatoms. The lowest BCUT2D eigenvalue weighted by molar-refractivity contribution is 0.194. The molecule has 78 valence electrons. The summed E-state index contributed by atoms with van der Waals surface area (Å²) in [5, 5.41) is 9.41. The topological polar surface area (TPSA) is 37.3 Å². The molecule has 0 spiro atoms. The molecule has 0 aliphatic carbocycles. The van der Waals surface area contributed by atoms with Gasteiger partial charge in [-0.05, 0) is 29.7 Å². The van der Waals surface area contributed by atoms with Gasteiger partial charge in [-0.2, -0.15) is 0 Å². The minimum absolute atomic E-state index is 0.169. The molecule has 0 saturated carbocycles. The normalized spacial score (nSPS) is 17.3. The van der Waals surface area contributed by atoms with Crippen LogP contribution in [0.5, 0.6) is 0 Å². The van der Waals surface area contributed by atoms with E-state index in [1.165, 1.54) is 0 Å². The van der Waals surface area contributed by atoms with Crippen LogP contribution in [0.15, 0.2) is 35.2 Å². The monoisotopic (exact) mass is 230 g/mol. The van der Waals surface area contributed by atoms with E-state index < -0.39 is 14.6 Å². The van der Waals surface area contributed by atoms with Crippen molar-refractivity contribution in [3.8, 4) is 0 Å². The number of aliphatic hydroxyl groups is 1. The van der Waals surface area contributed by atoms with Crippen LogP contribution < -0.4 is 0 Å². The van der Waals surface area contributed by atoms with Crippen molar-refractivity contribution in [2.75, 3.05) is 5.75 Å². The molecule has 0 radical (unpaired) electrons. The third kappa shape index (κ3) is 3.04. The van der Waals surface area contributed by atoms with Crippen molar-refractivity contribution in [3.63, 3.8) is 0 Å². The second-order valence-electron chi connectivity index (χ2n) is 3.16. The van der Waals surface area contributed by atoms with Crippen LogP contribution in [0.2, 0.25) is 0 Å². The highest BCUT2D eigenvalue weighted by molar-refractivity contribution is 8.33. The molecule has 2 nitrogen and oxygen atoms in total. The second-order valence-corrected chi connectivity index (χ2v) is 6.81. The Morgan fingerprint density at radius 3 is 2.50 bits per heavy atom. The predicted octanol–water partition coefficient (Wildman–Crippen LogP) is 1.56. The first-order valence-corrected chi connectivity index (χ1v) is 7.17. The van der Waals surface area contributed by atoms with Gasteiger partial charge < -0.3 is 5.11 Å². The van der Waals surface area contributed by atoms with Crippen LogP contribution in [-0.2, 0) is 19.7 Å². The molecule has 2 atom stereocenters. The van der Waals surface area contributed by atoms with Gasteiger partial charge in [-0.15, -0.1) is 0 Å². The Hall–Kier alpha value is -0.450. The summed E-state index contributed by atoms with van der Waals surface area (Å²) in [5.41, 5.74) is 0. The van der Waals surface area contributed by atoms with Crippen LogP contribution in [0.25, 0.3) is 0 Å². The maximum absolute atomic E-state index is 12.0. The molecule has 0 aliphatic rings. The van der Waals surface area contributed by atoms with E-state index in [9.17, 15) is 9.32 Å². The van der Waals surface area contributed by atoms with Gasteiger partial charge in [-0.1, -0.05) is 25.1 Å². The average molecular weight is 230 g/mol. The van der Waals surface area contributed by atoms with E-state index in [4.69, 9.17) is 11.2 Å². The van der Waals surface area contributed by atoms with E-state index in [0.717, 1.165) is 0 Å². The maximum Gasteiger partial charge on any atom is 0.0658 e. The van der Waals surface area contributed by atoms with Gasteiger partial charge in [0, 0.05) is 4.90 Å². The van der Waals surface area contributed by atoms with E-state index in [1.807, 2.05) is 13.0 Å². The number of hydrogen-bond donors (Lipinski definition) is 1. The summed E-state index contributed by atoms with van der Waals surface area (Å²) in [7, 11) is -2.49. The first-order valence-electron chi connectivity index (χ1n) is 4.52. The quantitative estimate of drug-likeness (QED) is 0.853. The van der Waals surface area contributed by atoms with Crippen LogP contribution in [0, 0.1) is 0 Å². The van der Waals surface area contributed by atoms with E-state index in [2.05, 4.69) is 0 Å². The molecule has 0 fully saturated rings. The Balaban J connectivity index is 2.87. The fourth-order valence-corrected chi connectivity index (χ4v) is 3.41. The molecule has 1 rings (SSSR count). The van der Waals surface area contributed by atoms with E-state index in [0.29, 0.717) is 11.3 Å². The Morgan fingerprint density at radius 1 is 1.43 bits per heavy atom. The summed E-state index contributed by atoms with van der Waals surface area (Å²) in [4.78, 5) is 0.641. The highest BCUT2D eigenvalue weighted by atomic mass is 32.8. The average Bonchev–Trinajstić information content (AvgIpc) is 2.18. The van der Waals surface area contributed by atoms with Crippen molar-refractivity contribution in [1.29, 1.82) is 0 Å². The lowest BCUT2D eigenvalue weighted by Gasteiger charge is -2.11. The number of hydrogen-bond acceptors (Lipinski definition) is 3. The SMILES string of the molecule is CCC(O)CS(=O)(=S)c1ccccc1. The number of benzene rings is 1. The molecule has 0 saturated heterocycles. The molecule has 2 unspecified atom stereocenters. The summed E-state index contributed by atoms with van der Waals surface area (Å²) in [6.45, 7) is 1.85. The first-order chi connectivity index (χ1) is 6.56. The number of rotatable bonds is 4. The second kappa shape index (κ2) is 4.87. The molecular weight excluding hydrogens is 216 g/mol. The first kappa shape index (κ1) is 11.6. The van der Waals surface area contributed by atoms with Crippen LogP contribution in [0.3, 0.4) is 0 Å². The van der Waals surface area contributed by atoms with Crippen LogP contribution in [0.1, 0.15) is 13.3 Å². The molecule has 1 N–H and O–H groups in total. The van der Waals surface area contributed by atoms with E-state index in [-0.39, 0.29) is 5.75 Å². The zero-order valence-corrected chi connectivity index (χ0v) is 9.68. The van der Waals surface area contributed by atoms with Crippen molar-refractivity contribution in [1.82, 2.24) is 0 Å². The molecule has 0 bridgehead atoms. The van der Waals surface area contributed by atoms with Crippen molar-refractivity contribution < 1.29 is 9.32 Å². The van der Waals surface area contributed by atoms with Gasteiger partial charge in [0.05, 0.1) is 20.3 Å². The summed E-state index contributed by atoms with van der Waals surface area (Å²) < 4.78 is 12.0. The maximum atomic E-state index is 12.0. The Kier molecular flexibility index (Phi) is 4.04. The lowest BCUT2D eigenvalue weighted by Crippen LogP contribution is -2.19. The third-order valence-electron chi connectivity index (χ3n) is 1.99. The minimum atomic E-state index is -2.49. The van der Waals surface area contributed by atoms with Gasteiger partial charge in [-0.25, -0.2) is 0 Å². The summed E-state index contributed by atoms with van der Waals surface area (Å²) in [6, 6.07) is 8.96. The molecule has 1 aromatic carbocycles. The molecule has 0 aliphatic heterocycles. The summed E-state index contributed by atoms with van der Waals surface area (Å²) in [5.74, 6) is 0.169. The largest absolute Gasteiger partial charge is 0.392 e. The van der Waals surface area contributed by atoms with E-state index >= 15 is 0 Å². The fraction of sp³-hybridized carbons (Fsp3) is 0.400. The zero-order chi connectivity index (χ0) is 10.6. The molecular formula is C10H14O2S2. The highest BCUT2D eigenvalue weighted by Gasteiger charge is 2.14. The fourth-order valence-electron chi connectivity index (χ4n) is 1.10. The van der Waals surface area contributed by atoms with Crippen molar-refractivity contribution in [3.05, 3.63) is 30.3 Å². The minimum Gasteiger partial charge on any atom is -0.392 e. The molecule has 0 amide bonds. The van der Waals surface area contributed by atoms with Crippen LogP contribution in [0.4, 0.5) is 0 Å². The lowest BCUT2D eigenvalue weighted by atomic mass is 10.3. The molecule has 0 aromatic heterocycles. The van der Waals surface area contributed by atoms with Crippen LogP contribution in [-0.4, -0.2) is 21.2 Å². The van der Waals surface area contributed by atoms with Gasteiger partial charge in [0.25, 0.3) is 0 Å². The van der Waals surface area contributed by atoms with Crippen molar-refractivity contribution in [2.45, 2.75) is 24.3 Å². The van der Waals surface area contributed by atoms with Gasteiger partial charge >= 0.3 is 0 Å².